The highest BCUT2D eigenvalue weighted by molar-refractivity contribution is 9.10. The molecule has 0 aliphatic rings. The number of halogens is 1. The van der Waals surface area contributed by atoms with Crippen LogP contribution in [-0.4, -0.2) is 17.1 Å². The minimum absolute atomic E-state index is 0.385. The molecule has 0 saturated heterocycles. The Morgan fingerprint density at radius 1 is 1.40 bits per heavy atom. The third-order valence-electron chi connectivity index (χ3n) is 2.74. The molecule has 0 aliphatic heterocycles. The first-order valence-electron chi connectivity index (χ1n) is 5.92. The van der Waals surface area contributed by atoms with E-state index in [4.69, 9.17) is 22.7 Å². The van der Waals surface area contributed by atoms with Crippen molar-refractivity contribution in [3.63, 3.8) is 0 Å². The van der Waals surface area contributed by atoms with Crippen molar-refractivity contribution in [2.24, 2.45) is 5.73 Å². The number of nitrogens with two attached hydrogens (primary N) is 1. The lowest BCUT2D eigenvalue weighted by atomic mass is 10.2. The van der Waals surface area contributed by atoms with Gasteiger partial charge in [-0.15, -0.1) is 0 Å². The number of hydrogen-bond acceptors (Lipinski definition) is 4. The molecule has 0 radical (unpaired) electrons. The summed E-state index contributed by atoms with van der Waals surface area (Å²) in [5, 5.41) is 3.33. The number of methoxy groups -OCH3 is 1. The zero-order valence-corrected chi connectivity index (χ0v) is 13.3. The number of aromatic nitrogens is 1. The fraction of sp³-hybridized carbons (Fsp3) is 0.143. The molecule has 1 aromatic carbocycles. The van der Waals surface area contributed by atoms with Gasteiger partial charge in [-0.25, -0.2) is 4.98 Å². The second-order valence-corrected chi connectivity index (χ2v) is 5.41. The smallest absolute Gasteiger partial charge is 0.213 e. The van der Waals surface area contributed by atoms with Crippen molar-refractivity contribution >= 4 is 38.8 Å². The summed E-state index contributed by atoms with van der Waals surface area (Å²) in [4.78, 5) is 4.46. The molecule has 0 bridgehead atoms. The van der Waals surface area contributed by atoms with Crippen LogP contribution >= 0.6 is 28.1 Å². The molecule has 0 spiro atoms. The molecule has 0 fully saturated rings. The van der Waals surface area contributed by atoms with E-state index in [1.165, 1.54) is 0 Å². The van der Waals surface area contributed by atoms with Crippen LogP contribution in [0.5, 0.6) is 5.88 Å². The maximum Gasteiger partial charge on any atom is 0.213 e. The highest BCUT2D eigenvalue weighted by Gasteiger charge is 2.04. The maximum atomic E-state index is 5.60. The molecule has 104 valence electrons. The summed E-state index contributed by atoms with van der Waals surface area (Å²) in [6.45, 7) is 0.671. The summed E-state index contributed by atoms with van der Waals surface area (Å²) in [5.41, 5.74) is 8.49. The molecular weight excluding hydrogens is 338 g/mol. The molecule has 0 atom stereocenters. The van der Waals surface area contributed by atoms with Crippen molar-refractivity contribution in [1.82, 2.24) is 4.98 Å². The Bertz CT molecular complexity index is 634. The van der Waals surface area contributed by atoms with Crippen LogP contribution in [0.25, 0.3) is 0 Å². The predicted molar refractivity (Wildman–Crippen MR) is 88.1 cm³/mol. The van der Waals surface area contributed by atoms with E-state index >= 15 is 0 Å². The average molecular weight is 352 g/mol. The number of ether oxygens (including phenoxy) is 1. The number of anilines is 1. The van der Waals surface area contributed by atoms with Gasteiger partial charge < -0.3 is 15.8 Å². The van der Waals surface area contributed by atoms with Gasteiger partial charge >= 0.3 is 0 Å². The molecule has 1 aromatic heterocycles. The van der Waals surface area contributed by atoms with Crippen molar-refractivity contribution in [3.05, 3.63) is 52.1 Å². The van der Waals surface area contributed by atoms with Crippen LogP contribution in [0.3, 0.4) is 0 Å². The number of thiocarbonyl (C=S) groups is 1. The first-order chi connectivity index (χ1) is 9.60. The van der Waals surface area contributed by atoms with Crippen LogP contribution in [0.15, 0.2) is 41.0 Å². The van der Waals surface area contributed by atoms with E-state index in [1.807, 2.05) is 30.3 Å². The van der Waals surface area contributed by atoms with Gasteiger partial charge in [0.2, 0.25) is 5.88 Å². The number of nitrogens with one attached hydrogen (secondary N) is 1. The average Bonchev–Trinajstić information content (AvgIpc) is 2.46. The van der Waals surface area contributed by atoms with Gasteiger partial charge in [0.05, 0.1) is 7.11 Å². The van der Waals surface area contributed by atoms with Crippen molar-refractivity contribution in [2.45, 2.75) is 6.54 Å². The van der Waals surface area contributed by atoms with E-state index in [-0.39, 0.29) is 0 Å². The van der Waals surface area contributed by atoms with Crippen LogP contribution in [0, 0.1) is 0 Å². The monoisotopic (exact) mass is 351 g/mol. The van der Waals surface area contributed by atoms with Crippen molar-refractivity contribution in [1.29, 1.82) is 0 Å². The fourth-order valence-electron chi connectivity index (χ4n) is 1.68. The summed E-state index contributed by atoms with van der Waals surface area (Å²) in [7, 11) is 1.60. The van der Waals surface area contributed by atoms with Crippen molar-refractivity contribution in [3.8, 4) is 5.88 Å². The van der Waals surface area contributed by atoms with Crippen molar-refractivity contribution < 1.29 is 4.74 Å². The molecule has 0 amide bonds. The number of rotatable bonds is 5. The lowest BCUT2D eigenvalue weighted by molar-refractivity contribution is 0.397. The first-order valence-corrected chi connectivity index (χ1v) is 7.12. The molecule has 6 heteroatoms. The van der Waals surface area contributed by atoms with E-state index < -0.39 is 0 Å². The summed E-state index contributed by atoms with van der Waals surface area (Å²) in [6, 6.07) is 9.56. The molecule has 0 aliphatic carbocycles. The van der Waals surface area contributed by atoms with E-state index in [0.717, 1.165) is 21.3 Å². The maximum absolute atomic E-state index is 5.60. The summed E-state index contributed by atoms with van der Waals surface area (Å²) in [6.07, 6.45) is 1.72. The van der Waals surface area contributed by atoms with Gasteiger partial charge in [0.15, 0.2) is 0 Å². The van der Waals surface area contributed by atoms with Crippen LogP contribution in [0.2, 0.25) is 0 Å². The van der Waals surface area contributed by atoms with Crippen LogP contribution < -0.4 is 15.8 Å². The second-order valence-electron chi connectivity index (χ2n) is 4.12. The minimum Gasteiger partial charge on any atom is -0.481 e. The van der Waals surface area contributed by atoms with Crippen LogP contribution in [0.1, 0.15) is 11.1 Å². The van der Waals surface area contributed by atoms with Gasteiger partial charge in [-0.3, -0.25) is 0 Å². The number of hydrogen-bond donors (Lipinski definition) is 2. The molecule has 0 unspecified atom stereocenters. The lowest BCUT2D eigenvalue weighted by Gasteiger charge is -2.10. The zero-order valence-electron chi connectivity index (χ0n) is 10.9. The largest absolute Gasteiger partial charge is 0.481 e. The number of benzene rings is 1. The Labute approximate surface area is 131 Å². The predicted octanol–water partition coefficient (Wildman–Crippen LogP) is 3.10. The third kappa shape index (κ3) is 3.68. The van der Waals surface area contributed by atoms with Crippen LogP contribution in [0.4, 0.5) is 5.69 Å². The molecule has 2 rings (SSSR count). The Balaban J connectivity index is 2.08. The molecule has 4 nitrogen and oxygen atoms in total. The van der Waals surface area contributed by atoms with Gasteiger partial charge in [0.25, 0.3) is 0 Å². The second kappa shape index (κ2) is 6.67. The summed E-state index contributed by atoms with van der Waals surface area (Å²) in [5.74, 6) is 0.604. The van der Waals surface area contributed by atoms with Crippen molar-refractivity contribution in [2.75, 3.05) is 12.4 Å². The normalized spacial score (nSPS) is 10.1. The van der Waals surface area contributed by atoms with E-state index in [2.05, 4.69) is 26.2 Å². The van der Waals surface area contributed by atoms with Crippen LogP contribution in [-0.2, 0) is 6.54 Å². The molecule has 3 N–H and O–H groups in total. The zero-order chi connectivity index (χ0) is 14.5. The third-order valence-corrected chi connectivity index (χ3v) is 3.64. The highest BCUT2D eigenvalue weighted by atomic mass is 79.9. The van der Waals surface area contributed by atoms with Gasteiger partial charge in [0.1, 0.15) is 4.99 Å². The fourth-order valence-corrected chi connectivity index (χ4v) is 2.33. The van der Waals surface area contributed by atoms with E-state index in [1.54, 1.807) is 13.3 Å². The van der Waals surface area contributed by atoms with Gasteiger partial charge in [0, 0.05) is 34.5 Å². The Morgan fingerprint density at radius 3 is 2.85 bits per heavy atom. The Hall–Kier alpha value is -1.66. The lowest BCUT2D eigenvalue weighted by Crippen LogP contribution is -2.09. The summed E-state index contributed by atoms with van der Waals surface area (Å²) >= 11 is 8.45. The highest BCUT2D eigenvalue weighted by Crippen LogP contribution is 2.24. The number of pyridine rings is 1. The minimum atomic E-state index is 0.385. The SMILES string of the molecule is COc1cc(CNc2ccc(C(N)=S)cc2Br)ccn1. The molecule has 0 saturated carbocycles. The van der Waals surface area contributed by atoms with E-state index in [0.29, 0.717) is 17.4 Å². The topological polar surface area (TPSA) is 60.2 Å². The quantitative estimate of drug-likeness (QED) is 0.810. The molecule has 1 heterocycles. The Kier molecular flexibility index (Phi) is 4.92. The number of nitrogens with zero attached hydrogens (tertiary/aromatic N) is 1. The molecular formula is C14H14BrN3OS. The summed E-state index contributed by atoms with van der Waals surface area (Å²) < 4.78 is 6.02. The molecule has 20 heavy (non-hydrogen) atoms. The molecule has 2 aromatic rings. The van der Waals surface area contributed by atoms with Gasteiger partial charge in [-0.2, -0.15) is 0 Å². The standard InChI is InChI=1S/C14H14BrN3OS/c1-19-13-6-9(4-5-17-13)8-18-12-3-2-10(14(16)20)7-11(12)15/h2-7,18H,8H2,1H3,(H2,16,20). The van der Waals surface area contributed by atoms with Gasteiger partial charge in [-0.05, 0) is 45.8 Å². The van der Waals surface area contributed by atoms with E-state index in [9.17, 15) is 0 Å². The van der Waals surface area contributed by atoms with Gasteiger partial charge in [-0.1, -0.05) is 12.2 Å². The first kappa shape index (κ1) is 14.7. The Morgan fingerprint density at radius 2 is 2.20 bits per heavy atom.